The Morgan fingerprint density at radius 2 is 2.25 bits per heavy atom. The first kappa shape index (κ1) is 12.7. The summed E-state index contributed by atoms with van der Waals surface area (Å²) in [6.45, 7) is 1.71. The normalized spacial score (nSPS) is 14.1. The molecule has 2 unspecified atom stereocenters. The number of rotatable bonds is 5. The molecule has 5 nitrogen and oxygen atoms in total. The minimum absolute atomic E-state index is 0.114. The summed E-state index contributed by atoms with van der Waals surface area (Å²) in [6, 6.07) is 2.65. The molecule has 0 fully saturated rings. The zero-order valence-electron chi connectivity index (χ0n) is 8.97. The van der Waals surface area contributed by atoms with Crippen molar-refractivity contribution in [3.05, 3.63) is 22.4 Å². The Morgan fingerprint density at radius 1 is 1.56 bits per heavy atom. The third-order valence-electron chi connectivity index (χ3n) is 2.03. The lowest BCUT2D eigenvalue weighted by Gasteiger charge is -2.15. The zero-order valence-corrected chi connectivity index (χ0v) is 9.79. The number of carbonyl (C=O) groups excluding carboxylic acids is 2. The summed E-state index contributed by atoms with van der Waals surface area (Å²) in [4.78, 5) is 23.1. The van der Waals surface area contributed by atoms with Crippen LogP contribution in [0.1, 0.15) is 24.3 Å². The standard InChI is InChI=1S/C10H15N3O2S/c1-6(5-8(11)14)13-10(15)9(12)7-3-2-4-16-7/h2-4,6,9H,5,12H2,1H3,(H2,11,14)(H,13,15). The molecule has 0 aliphatic heterocycles. The molecule has 88 valence electrons. The highest BCUT2D eigenvalue weighted by Crippen LogP contribution is 2.16. The predicted octanol–water partition coefficient (Wildman–Crippen LogP) is 0.128. The van der Waals surface area contributed by atoms with E-state index in [4.69, 9.17) is 11.5 Å². The number of carbonyl (C=O) groups is 2. The third kappa shape index (κ3) is 3.63. The van der Waals surface area contributed by atoms with Gasteiger partial charge in [-0.25, -0.2) is 0 Å². The number of amides is 2. The van der Waals surface area contributed by atoms with E-state index in [1.165, 1.54) is 11.3 Å². The second kappa shape index (κ2) is 5.62. The van der Waals surface area contributed by atoms with Crippen molar-refractivity contribution in [3.63, 3.8) is 0 Å². The van der Waals surface area contributed by atoms with Gasteiger partial charge >= 0.3 is 0 Å². The van der Waals surface area contributed by atoms with E-state index in [0.29, 0.717) is 0 Å². The topological polar surface area (TPSA) is 98.2 Å². The highest BCUT2D eigenvalue weighted by Gasteiger charge is 2.18. The quantitative estimate of drug-likeness (QED) is 0.683. The number of primary amides is 1. The number of nitrogens with one attached hydrogen (secondary N) is 1. The van der Waals surface area contributed by atoms with Crippen LogP contribution in [0, 0.1) is 0 Å². The van der Waals surface area contributed by atoms with Gasteiger partial charge < -0.3 is 16.8 Å². The molecule has 0 aliphatic rings. The van der Waals surface area contributed by atoms with E-state index in [1.54, 1.807) is 13.0 Å². The molecular weight excluding hydrogens is 226 g/mol. The molecule has 0 bridgehead atoms. The number of thiophene rings is 1. The molecule has 6 heteroatoms. The molecule has 2 atom stereocenters. The maximum Gasteiger partial charge on any atom is 0.242 e. The molecule has 0 spiro atoms. The summed E-state index contributed by atoms with van der Waals surface area (Å²) in [5.41, 5.74) is 10.8. The van der Waals surface area contributed by atoms with E-state index < -0.39 is 11.9 Å². The maximum atomic E-state index is 11.7. The third-order valence-corrected chi connectivity index (χ3v) is 2.98. The molecule has 1 aromatic heterocycles. The van der Waals surface area contributed by atoms with Crippen molar-refractivity contribution in [3.8, 4) is 0 Å². The Hall–Kier alpha value is -1.40. The summed E-state index contributed by atoms with van der Waals surface area (Å²) in [6.07, 6.45) is 0.114. The highest BCUT2D eigenvalue weighted by atomic mass is 32.1. The van der Waals surface area contributed by atoms with Gasteiger partial charge in [0.05, 0.1) is 0 Å². The summed E-state index contributed by atoms with van der Waals surface area (Å²) in [7, 11) is 0. The Morgan fingerprint density at radius 3 is 2.75 bits per heavy atom. The molecule has 0 saturated carbocycles. The van der Waals surface area contributed by atoms with Gasteiger partial charge in [-0.05, 0) is 18.4 Å². The predicted molar refractivity (Wildman–Crippen MR) is 62.7 cm³/mol. The van der Waals surface area contributed by atoms with Crippen LogP contribution in [-0.4, -0.2) is 17.9 Å². The van der Waals surface area contributed by atoms with Crippen LogP contribution in [0.4, 0.5) is 0 Å². The largest absolute Gasteiger partial charge is 0.370 e. The first-order valence-corrected chi connectivity index (χ1v) is 5.76. The lowest BCUT2D eigenvalue weighted by atomic mass is 10.2. The average Bonchev–Trinajstić information content (AvgIpc) is 2.67. The molecule has 2 amide bonds. The molecule has 16 heavy (non-hydrogen) atoms. The lowest BCUT2D eigenvalue weighted by molar-refractivity contribution is -0.123. The molecule has 0 radical (unpaired) electrons. The fourth-order valence-corrected chi connectivity index (χ4v) is 2.01. The van der Waals surface area contributed by atoms with Crippen molar-refractivity contribution in [1.82, 2.24) is 5.32 Å². The Kier molecular flexibility index (Phi) is 4.45. The van der Waals surface area contributed by atoms with Crippen LogP contribution >= 0.6 is 11.3 Å². The van der Waals surface area contributed by atoms with Gasteiger partial charge in [-0.3, -0.25) is 9.59 Å². The molecular formula is C10H15N3O2S. The molecule has 1 rings (SSSR count). The van der Waals surface area contributed by atoms with Crippen LogP contribution in [0.25, 0.3) is 0 Å². The van der Waals surface area contributed by atoms with Crippen LogP contribution in [0.5, 0.6) is 0 Å². The van der Waals surface area contributed by atoms with Crippen LogP contribution in [0.3, 0.4) is 0 Å². The molecule has 1 heterocycles. The van der Waals surface area contributed by atoms with Crippen molar-refractivity contribution < 1.29 is 9.59 Å². The van der Waals surface area contributed by atoms with Crippen molar-refractivity contribution in [2.45, 2.75) is 25.4 Å². The van der Waals surface area contributed by atoms with Gasteiger partial charge in [-0.15, -0.1) is 11.3 Å². The monoisotopic (exact) mass is 241 g/mol. The molecule has 1 aromatic rings. The Bertz CT molecular complexity index is 364. The first-order valence-electron chi connectivity index (χ1n) is 4.88. The van der Waals surface area contributed by atoms with Crippen LogP contribution in [-0.2, 0) is 9.59 Å². The molecule has 0 aliphatic carbocycles. The minimum atomic E-state index is -0.685. The van der Waals surface area contributed by atoms with Gasteiger partial charge in [0.25, 0.3) is 0 Å². The van der Waals surface area contributed by atoms with Gasteiger partial charge in [-0.1, -0.05) is 6.07 Å². The Balaban J connectivity index is 2.49. The van der Waals surface area contributed by atoms with Crippen LogP contribution in [0.15, 0.2) is 17.5 Å². The second-order valence-electron chi connectivity index (χ2n) is 3.57. The Labute approximate surface area is 97.8 Å². The smallest absolute Gasteiger partial charge is 0.242 e. The van der Waals surface area contributed by atoms with E-state index in [0.717, 1.165) is 4.88 Å². The molecule has 5 N–H and O–H groups in total. The van der Waals surface area contributed by atoms with Crippen LogP contribution in [0.2, 0.25) is 0 Å². The SMILES string of the molecule is CC(CC(N)=O)NC(=O)C(N)c1cccs1. The summed E-state index contributed by atoms with van der Waals surface area (Å²) in [5.74, 6) is -0.742. The van der Waals surface area contributed by atoms with Crippen molar-refractivity contribution >= 4 is 23.2 Å². The van der Waals surface area contributed by atoms with E-state index >= 15 is 0 Å². The van der Waals surface area contributed by atoms with E-state index in [-0.39, 0.29) is 18.4 Å². The molecule has 0 aromatic carbocycles. The van der Waals surface area contributed by atoms with Crippen molar-refractivity contribution in [2.75, 3.05) is 0 Å². The van der Waals surface area contributed by atoms with E-state index in [9.17, 15) is 9.59 Å². The molecule has 0 saturated heterocycles. The van der Waals surface area contributed by atoms with Crippen molar-refractivity contribution in [1.29, 1.82) is 0 Å². The minimum Gasteiger partial charge on any atom is -0.370 e. The first-order chi connectivity index (χ1) is 7.50. The van der Waals surface area contributed by atoms with Crippen LogP contribution < -0.4 is 16.8 Å². The summed E-state index contributed by atoms with van der Waals surface area (Å²) in [5, 5.41) is 4.50. The summed E-state index contributed by atoms with van der Waals surface area (Å²) >= 11 is 1.42. The zero-order chi connectivity index (χ0) is 12.1. The summed E-state index contributed by atoms with van der Waals surface area (Å²) < 4.78 is 0. The van der Waals surface area contributed by atoms with E-state index in [2.05, 4.69) is 5.32 Å². The highest BCUT2D eigenvalue weighted by molar-refractivity contribution is 7.10. The fraction of sp³-hybridized carbons (Fsp3) is 0.400. The van der Waals surface area contributed by atoms with E-state index in [1.807, 2.05) is 11.4 Å². The van der Waals surface area contributed by atoms with Gasteiger partial charge in [0.1, 0.15) is 6.04 Å². The van der Waals surface area contributed by atoms with Gasteiger partial charge in [0.15, 0.2) is 0 Å². The fourth-order valence-electron chi connectivity index (χ4n) is 1.28. The van der Waals surface area contributed by atoms with Gasteiger partial charge in [0.2, 0.25) is 11.8 Å². The number of hydrogen-bond acceptors (Lipinski definition) is 4. The maximum absolute atomic E-state index is 11.7. The van der Waals surface area contributed by atoms with Gasteiger partial charge in [0, 0.05) is 17.3 Å². The average molecular weight is 241 g/mol. The number of hydrogen-bond donors (Lipinski definition) is 3. The number of nitrogens with two attached hydrogens (primary N) is 2. The second-order valence-corrected chi connectivity index (χ2v) is 4.55. The van der Waals surface area contributed by atoms with Crippen molar-refractivity contribution in [2.24, 2.45) is 11.5 Å². The van der Waals surface area contributed by atoms with Gasteiger partial charge in [-0.2, -0.15) is 0 Å². The lowest BCUT2D eigenvalue weighted by Crippen LogP contribution is -2.40.